The summed E-state index contributed by atoms with van der Waals surface area (Å²) in [6.45, 7) is 5.63. The van der Waals surface area contributed by atoms with E-state index < -0.39 is 0 Å². The molecule has 4 rings (SSSR count). The molecule has 2 heterocycles. The van der Waals surface area contributed by atoms with Crippen LogP contribution in [0, 0.1) is 5.92 Å². The molecule has 0 saturated carbocycles. The Morgan fingerprint density at radius 3 is 2.70 bits per heavy atom. The summed E-state index contributed by atoms with van der Waals surface area (Å²) in [7, 11) is 0. The van der Waals surface area contributed by atoms with Crippen LogP contribution in [0.25, 0.3) is 11.1 Å². The van der Waals surface area contributed by atoms with Gasteiger partial charge in [-0.15, -0.1) is 0 Å². The third-order valence-electron chi connectivity index (χ3n) is 5.88. The Kier molecular flexibility index (Phi) is 6.55. The molecule has 1 saturated heterocycles. The normalized spacial score (nSPS) is 18.4. The van der Waals surface area contributed by atoms with Crippen molar-refractivity contribution in [2.45, 2.75) is 19.3 Å². The lowest BCUT2D eigenvalue weighted by Crippen LogP contribution is -2.35. The molecule has 0 bridgehead atoms. The van der Waals surface area contributed by atoms with Crippen molar-refractivity contribution in [1.29, 1.82) is 0 Å². The van der Waals surface area contributed by atoms with Gasteiger partial charge in [0.05, 0.1) is 5.92 Å². The topological polar surface area (TPSA) is 45.2 Å². The predicted octanol–water partition coefficient (Wildman–Crippen LogP) is 4.14. The van der Waals surface area contributed by atoms with Gasteiger partial charge in [0.25, 0.3) is 0 Å². The van der Waals surface area contributed by atoms with Crippen LogP contribution in [0.4, 0.5) is 0 Å². The largest absolute Gasteiger partial charge is 0.355 e. The summed E-state index contributed by atoms with van der Waals surface area (Å²) in [5, 5.41) is 3.11. The number of carbonyl (C=O) groups is 1. The molecule has 1 fully saturated rings. The molecule has 2 aromatic carbocycles. The van der Waals surface area contributed by atoms with Crippen molar-refractivity contribution in [2.75, 3.05) is 26.2 Å². The highest BCUT2D eigenvalue weighted by Gasteiger charge is 2.26. The number of nitrogens with zero attached hydrogens (tertiary/aromatic N) is 2. The molecular formula is C26H29N3O. The number of nitrogens with one attached hydrogen (secondary N) is 1. The Balaban J connectivity index is 1.45. The van der Waals surface area contributed by atoms with Crippen molar-refractivity contribution < 1.29 is 4.79 Å². The van der Waals surface area contributed by atoms with Gasteiger partial charge in [-0.3, -0.25) is 9.78 Å². The van der Waals surface area contributed by atoms with E-state index in [2.05, 4.69) is 82.8 Å². The van der Waals surface area contributed by atoms with Crippen LogP contribution in [0.3, 0.4) is 0 Å². The van der Waals surface area contributed by atoms with Gasteiger partial charge in [0.15, 0.2) is 0 Å². The first-order valence-electron chi connectivity index (χ1n) is 10.7. The predicted molar refractivity (Wildman–Crippen MR) is 121 cm³/mol. The van der Waals surface area contributed by atoms with Crippen LogP contribution in [-0.4, -0.2) is 42.0 Å². The maximum absolute atomic E-state index is 12.7. The molecule has 0 spiro atoms. The number of benzene rings is 2. The molecule has 4 heteroatoms. The van der Waals surface area contributed by atoms with Crippen LogP contribution in [0.1, 0.15) is 24.0 Å². The number of hydrogen-bond donors (Lipinski definition) is 1. The summed E-state index contributed by atoms with van der Waals surface area (Å²) in [4.78, 5) is 19.4. The molecular weight excluding hydrogens is 370 g/mol. The molecule has 2 unspecified atom stereocenters. The van der Waals surface area contributed by atoms with Gasteiger partial charge in [-0.2, -0.15) is 0 Å². The summed E-state index contributed by atoms with van der Waals surface area (Å²) >= 11 is 0. The highest BCUT2D eigenvalue weighted by molar-refractivity contribution is 5.79. The van der Waals surface area contributed by atoms with Gasteiger partial charge in [-0.25, -0.2) is 0 Å². The Labute approximate surface area is 179 Å². The summed E-state index contributed by atoms with van der Waals surface area (Å²) in [6, 6.07) is 23.1. The highest BCUT2D eigenvalue weighted by atomic mass is 16.1. The Bertz CT molecular complexity index is 958. The first-order chi connectivity index (χ1) is 14.7. The first-order valence-corrected chi connectivity index (χ1v) is 10.7. The maximum Gasteiger partial charge on any atom is 0.224 e. The number of carbonyl (C=O) groups excluding carboxylic acids is 1. The van der Waals surface area contributed by atoms with Gasteiger partial charge in [0.1, 0.15) is 0 Å². The van der Waals surface area contributed by atoms with Gasteiger partial charge < -0.3 is 10.2 Å². The molecule has 3 aromatic rings. The monoisotopic (exact) mass is 399 g/mol. The minimum atomic E-state index is -0.0420. The summed E-state index contributed by atoms with van der Waals surface area (Å²) in [5.74, 6) is 0.560. The second-order valence-corrected chi connectivity index (χ2v) is 8.21. The highest BCUT2D eigenvalue weighted by Crippen LogP contribution is 2.23. The molecule has 1 aliphatic heterocycles. The molecule has 1 N–H and O–H groups in total. The number of pyridine rings is 1. The number of rotatable bonds is 6. The van der Waals surface area contributed by atoms with Gasteiger partial charge in [0.2, 0.25) is 5.91 Å². The second-order valence-electron chi connectivity index (χ2n) is 8.21. The van der Waals surface area contributed by atoms with Gasteiger partial charge in [-0.05, 0) is 40.7 Å². The van der Waals surface area contributed by atoms with E-state index in [1.165, 1.54) is 11.1 Å². The second kappa shape index (κ2) is 9.68. The van der Waals surface area contributed by atoms with E-state index in [1.54, 1.807) is 6.20 Å². The molecule has 1 aromatic heterocycles. The molecule has 1 amide bonds. The van der Waals surface area contributed by atoms with Crippen LogP contribution in [0.5, 0.6) is 0 Å². The molecule has 4 nitrogen and oxygen atoms in total. The van der Waals surface area contributed by atoms with Crippen molar-refractivity contribution >= 4 is 5.91 Å². The fourth-order valence-corrected chi connectivity index (χ4v) is 4.26. The minimum absolute atomic E-state index is 0.0420. The van der Waals surface area contributed by atoms with E-state index >= 15 is 0 Å². The third-order valence-corrected chi connectivity index (χ3v) is 5.88. The Morgan fingerprint density at radius 2 is 1.90 bits per heavy atom. The Morgan fingerprint density at radius 1 is 1.07 bits per heavy atom. The molecule has 1 aliphatic rings. The lowest BCUT2D eigenvalue weighted by Gasteiger charge is -2.26. The number of hydrogen-bond acceptors (Lipinski definition) is 3. The average molecular weight is 400 g/mol. The van der Waals surface area contributed by atoms with Crippen LogP contribution < -0.4 is 5.32 Å². The van der Waals surface area contributed by atoms with Crippen molar-refractivity contribution in [3.05, 3.63) is 90.3 Å². The zero-order chi connectivity index (χ0) is 20.8. The Hall–Kier alpha value is -2.98. The number of amides is 1. The van der Waals surface area contributed by atoms with Crippen molar-refractivity contribution in [3.63, 3.8) is 0 Å². The average Bonchev–Trinajstić information content (AvgIpc) is 2.96. The molecule has 0 radical (unpaired) electrons. The van der Waals surface area contributed by atoms with E-state index in [4.69, 9.17) is 0 Å². The lowest BCUT2D eigenvalue weighted by molar-refractivity contribution is -0.124. The van der Waals surface area contributed by atoms with Crippen LogP contribution in [0.15, 0.2) is 79.1 Å². The summed E-state index contributed by atoms with van der Waals surface area (Å²) in [6.07, 6.45) is 4.41. The number of aromatic nitrogens is 1. The molecule has 154 valence electrons. The third kappa shape index (κ3) is 5.14. The summed E-state index contributed by atoms with van der Waals surface area (Å²) in [5.41, 5.74) is 4.78. The van der Waals surface area contributed by atoms with Crippen LogP contribution in [0.2, 0.25) is 0 Å². The van der Waals surface area contributed by atoms with Gasteiger partial charge >= 0.3 is 0 Å². The smallest absolute Gasteiger partial charge is 0.224 e. The fourth-order valence-electron chi connectivity index (χ4n) is 4.26. The van der Waals surface area contributed by atoms with Crippen LogP contribution >= 0.6 is 0 Å². The van der Waals surface area contributed by atoms with Crippen molar-refractivity contribution in [1.82, 2.24) is 15.2 Å². The SMILES string of the molecule is CC(CN1CCNC(=O)C(Cc2cccc(-c3cccnc3)c2)C1)c1ccccc1. The summed E-state index contributed by atoms with van der Waals surface area (Å²) < 4.78 is 0. The van der Waals surface area contributed by atoms with Gasteiger partial charge in [-0.1, -0.05) is 67.6 Å². The van der Waals surface area contributed by atoms with Gasteiger partial charge in [0, 0.05) is 38.6 Å². The molecule has 2 atom stereocenters. The van der Waals surface area contributed by atoms with E-state index in [-0.39, 0.29) is 11.8 Å². The van der Waals surface area contributed by atoms with Crippen molar-refractivity contribution in [2.24, 2.45) is 5.92 Å². The van der Waals surface area contributed by atoms with Crippen molar-refractivity contribution in [3.8, 4) is 11.1 Å². The van der Waals surface area contributed by atoms with E-state index in [1.807, 2.05) is 12.3 Å². The van der Waals surface area contributed by atoms with E-state index in [0.717, 1.165) is 37.2 Å². The zero-order valence-corrected chi connectivity index (χ0v) is 17.5. The standard InChI is InChI=1S/C26H29N3O/c1-20(22-8-3-2-4-9-22)18-29-14-13-28-26(30)25(19-29)16-21-7-5-10-23(15-21)24-11-6-12-27-17-24/h2-12,15,17,20,25H,13-14,16,18-19H2,1H3,(H,28,30). The quantitative estimate of drug-likeness (QED) is 0.677. The van der Waals surface area contributed by atoms with E-state index in [0.29, 0.717) is 12.5 Å². The lowest BCUT2D eigenvalue weighted by atomic mass is 9.95. The minimum Gasteiger partial charge on any atom is -0.355 e. The van der Waals surface area contributed by atoms with E-state index in [9.17, 15) is 4.79 Å². The first kappa shape index (κ1) is 20.3. The van der Waals surface area contributed by atoms with Crippen LogP contribution in [-0.2, 0) is 11.2 Å². The zero-order valence-electron chi connectivity index (χ0n) is 17.5. The maximum atomic E-state index is 12.7. The molecule has 30 heavy (non-hydrogen) atoms. The molecule has 0 aliphatic carbocycles. The fraction of sp³-hybridized carbons (Fsp3) is 0.308.